The number of carbonyl (C=O) groups is 1. The number of amides is 1. The van der Waals surface area contributed by atoms with Gasteiger partial charge >= 0.3 is 0 Å². The lowest BCUT2D eigenvalue weighted by Crippen LogP contribution is -2.22. The maximum absolute atomic E-state index is 12.0. The topological polar surface area (TPSA) is 38.3 Å². The molecule has 0 saturated heterocycles. The number of nitrogens with one attached hydrogen (secondary N) is 1. The van der Waals surface area contributed by atoms with Crippen molar-refractivity contribution < 1.29 is 9.53 Å². The Morgan fingerprint density at radius 1 is 1.16 bits per heavy atom. The van der Waals surface area contributed by atoms with Gasteiger partial charge in [-0.15, -0.1) is 0 Å². The van der Waals surface area contributed by atoms with E-state index in [-0.39, 0.29) is 5.91 Å². The molecule has 4 heteroatoms. The molecule has 0 heterocycles. The fraction of sp³-hybridized carbons (Fsp3) is 0.133. The molecule has 0 fully saturated rings. The average molecular weight is 320 g/mol. The summed E-state index contributed by atoms with van der Waals surface area (Å²) in [5.74, 6) is 0.640. The number of methoxy groups -OCH3 is 1. The Bertz CT molecular complexity index is 567. The fourth-order valence-electron chi connectivity index (χ4n) is 1.66. The third-order valence-electron chi connectivity index (χ3n) is 2.75. The summed E-state index contributed by atoms with van der Waals surface area (Å²) in [7, 11) is 1.60. The van der Waals surface area contributed by atoms with Gasteiger partial charge in [-0.3, -0.25) is 4.79 Å². The lowest BCUT2D eigenvalue weighted by Gasteiger charge is -2.07. The van der Waals surface area contributed by atoms with Crippen LogP contribution in [0.1, 0.15) is 15.9 Å². The molecule has 0 aliphatic rings. The monoisotopic (exact) mass is 319 g/mol. The summed E-state index contributed by atoms with van der Waals surface area (Å²) in [6.45, 7) is 0.492. The Labute approximate surface area is 120 Å². The minimum absolute atomic E-state index is 0.0987. The van der Waals surface area contributed by atoms with Gasteiger partial charge in [0, 0.05) is 16.6 Å². The van der Waals surface area contributed by atoms with Crippen molar-refractivity contribution in [1.29, 1.82) is 0 Å². The Balaban J connectivity index is 1.99. The molecule has 2 aromatic rings. The van der Waals surface area contributed by atoms with Crippen molar-refractivity contribution in [2.24, 2.45) is 0 Å². The van der Waals surface area contributed by atoms with Crippen LogP contribution >= 0.6 is 15.9 Å². The second kappa shape index (κ2) is 6.38. The van der Waals surface area contributed by atoms with E-state index in [0.29, 0.717) is 12.1 Å². The second-order valence-electron chi connectivity index (χ2n) is 4.00. The van der Waals surface area contributed by atoms with E-state index >= 15 is 0 Å². The molecule has 2 rings (SSSR count). The van der Waals surface area contributed by atoms with Gasteiger partial charge in [0.2, 0.25) is 0 Å². The molecule has 3 nitrogen and oxygen atoms in total. The number of hydrogen-bond donors (Lipinski definition) is 1. The average Bonchev–Trinajstić information content (AvgIpc) is 2.46. The number of benzene rings is 2. The van der Waals surface area contributed by atoms with Crippen LogP contribution in [-0.2, 0) is 6.54 Å². The number of carbonyl (C=O) groups excluding carboxylic acids is 1. The van der Waals surface area contributed by atoms with E-state index in [9.17, 15) is 4.79 Å². The van der Waals surface area contributed by atoms with Gasteiger partial charge in [0.25, 0.3) is 5.91 Å². The van der Waals surface area contributed by atoms with Crippen LogP contribution in [0.25, 0.3) is 0 Å². The van der Waals surface area contributed by atoms with Crippen LogP contribution in [0.3, 0.4) is 0 Å². The molecule has 0 spiro atoms. The van der Waals surface area contributed by atoms with Crippen LogP contribution in [0.2, 0.25) is 0 Å². The lowest BCUT2D eigenvalue weighted by atomic mass is 10.2. The van der Waals surface area contributed by atoms with Crippen LogP contribution in [0.5, 0.6) is 5.75 Å². The molecule has 0 aliphatic heterocycles. The fourth-order valence-corrected chi connectivity index (χ4v) is 2.09. The van der Waals surface area contributed by atoms with E-state index in [1.165, 1.54) is 0 Å². The molecule has 0 atom stereocenters. The van der Waals surface area contributed by atoms with Crippen LogP contribution in [-0.4, -0.2) is 13.0 Å². The summed E-state index contributed by atoms with van der Waals surface area (Å²) in [5, 5.41) is 2.88. The van der Waals surface area contributed by atoms with Crippen molar-refractivity contribution in [3.05, 3.63) is 64.1 Å². The number of hydrogen-bond acceptors (Lipinski definition) is 2. The summed E-state index contributed by atoms with van der Waals surface area (Å²) in [6, 6.07) is 14.8. The van der Waals surface area contributed by atoms with Crippen molar-refractivity contribution >= 4 is 21.8 Å². The molecule has 19 heavy (non-hydrogen) atoms. The minimum Gasteiger partial charge on any atom is -0.497 e. The summed E-state index contributed by atoms with van der Waals surface area (Å²) in [4.78, 5) is 12.0. The molecule has 0 radical (unpaired) electrons. The SMILES string of the molecule is COc1ccc(C(=O)NCc2ccccc2Br)cc1. The van der Waals surface area contributed by atoms with Crippen molar-refractivity contribution in [2.75, 3.05) is 7.11 Å². The van der Waals surface area contributed by atoms with E-state index in [1.54, 1.807) is 31.4 Å². The van der Waals surface area contributed by atoms with Gasteiger partial charge in [0.05, 0.1) is 7.11 Å². The quantitative estimate of drug-likeness (QED) is 0.938. The highest BCUT2D eigenvalue weighted by Gasteiger charge is 2.06. The van der Waals surface area contributed by atoms with Crippen molar-refractivity contribution in [1.82, 2.24) is 5.32 Å². The van der Waals surface area contributed by atoms with Crippen molar-refractivity contribution in [3.63, 3.8) is 0 Å². The summed E-state index contributed by atoms with van der Waals surface area (Å²) in [6.07, 6.45) is 0. The predicted octanol–water partition coefficient (Wildman–Crippen LogP) is 3.39. The molecular weight excluding hydrogens is 306 g/mol. The number of rotatable bonds is 4. The first-order valence-electron chi connectivity index (χ1n) is 5.86. The van der Waals surface area contributed by atoms with E-state index < -0.39 is 0 Å². The van der Waals surface area contributed by atoms with E-state index in [4.69, 9.17) is 4.74 Å². The molecule has 0 aromatic heterocycles. The molecule has 0 bridgehead atoms. The van der Waals surface area contributed by atoms with Gasteiger partial charge in [-0.25, -0.2) is 0 Å². The molecule has 2 aromatic carbocycles. The van der Waals surface area contributed by atoms with Gasteiger partial charge < -0.3 is 10.1 Å². The Morgan fingerprint density at radius 3 is 2.47 bits per heavy atom. The molecule has 0 saturated carbocycles. The maximum atomic E-state index is 12.0. The molecule has 0 aliphatic carbocycles. The zero-order valence-electron chi connectivity index (χ0n) is 10.5. The molecule has 98 valence electrons. The molecular formula is C15H14BrNO2. The Kier molecular flexibility index (Phi) is 4.58. The maximum Gasteiger partial charge on any atom is 0.251 e. The standard InChI is InChI=1S/C15H14BrNO2/c1-19-13-8-6-11(7-9-13)15(18)17-10-12-4-2-3-5-14(12)16/h2-9H,10H2,1H3,(H,17,18). The second-order valence-corrected chi connectivity index (χ2v) is 4.86. The number of halogens is 1. The van der Waals surface area contributed by atoms with Crippen LogP contribution < -0.4 is 10.1 Å². The normalized spacial score (nSPS) is 10.0. The summed E-state index contributed by atoms with van der Waals surface area (Å²) >= 11 is 3.45. The van der Waals surface area contributed by atoms with Crippen molar-refractivity contribution in [3.8, 4) is 5.75 Å². The number of ether oxygens (including phenoxy) is 1. The molecule has 1 N–H and O–H groups in total. The Hall–Kier alpha value is -1.81. The lowest BCUT2D eigenvalue weighted by molar-refractivity contribution is 0.0951. The van der Waals surface area contributed by atoms with Gasteiger partial charge in [-0.05, 0) is 35.9 Å². The van der Waals surface area contributed by atoms with Crippen LogP contribution in [0.15, 0.2) is 53.0 Å². The first kappa shape index (κ1) is 13.6. The van der Waals surface area contributed by atoms with Gasteiger partial charge in [-0.2, -0.15) is 0 Å². The zero-order chi connectivity index (χ0) is 13.7. The highest BCUT2D eigenvalue weighted by molar-refractivity contribution is 9.10. The predicted molar refractivity (Wildman–Crippen MR) is 78.3 cm³/mol. The highest BCUT2D eigenvalue weighted by atomic mass is 79.9. The Morgan fingerprint density at radius 2 is 1.84 bits per heavy atom. The highest BCUT2D eigenvalue weighted by Crippen LogP contribution is 2.16. The van der Waals surface area contributed by atoms with E-state index in [2.05, 4.69) is 21.2 Å². The smallest absolute Gasteiger partial charge is 0.251 e. The summed E-state index contributed by atoms with van der Waals surface area (Å²) < 4.78 is 6.05. The zero-order valence-corrected chi connectivity index (χ0v) is 12.1. The first-order valence-corrected chi connectivity index (χ1v) is 6.65. The first-order chi connectivity index (χ1) is 9.20. The minimum atomic E-state index is -0.0987. The van der Waals surface area contributed by atoms with Gasteiger partial charge in [0.15, 0.2) is 0 Å². The van der Waals surface area contributed by atoms with Crippen LogP contribution in [0.4, 0.5) is 0 Å². The third kappa shape index (κ3) is 3.58. The summed E-state index contributed by atoms with van der Waals surface area (Å²) in [5.41, 5.74) is 1.66. The molecule has 0 unspecified atom stereocenters. The van der Waals surface area contributed by atoms with E-state index in [1.807, 2.05) is 24.3 Å². The largest absolute Gasteiger partial charge is 0.497 e. The van der Waals surface area contributed by atoms with E-state index in [0.717, 1.165) is 15.8 Å². The van der Waals surface area contributed by atoms with Crippen molar-refractivity contribution in [2.45, 2.75) is 6.54 Å². The third-order valence-corrected chi connectivity index (χ3v) is 3.52. The van der Waals surface area contributed by atoms with Gasteiger partial charge in [-0.1, -0.05) is 34.1 Å². The van der Waals surface area contributed by atoms with Gasteiger partial charge in [0.1, 0.15) is 5.75 Å². The van der Waals surface area contributed by atoms with Crippen LogP contribution in [0, 0.1) is 0 Å². The molecule has 1 amide bonds.